The fourth-order valence-corrected chi connectivity index (χ4v) is 1.98. The van der Waals surface area contributed by atoms with Gasteiger partial charge in [0.1, 0.15) is 5.82 Å². The van der Waals surface area contributed by atoms with Gasteiger partial charge in [-0.15, -0.1) is 6.58 Å². The van der Waals surface area contributed by atoms with Crippen LogP contribution in [0.25, 0.3) is 11.0 Å². The van der Waals surface area contributed by atoms with E-state index in [1.54, 1.807) is 13.1 Å². The average Bonchev–Trinajstić information content (AvgIpc) is 2.89. The number of aromatic nitrogens is 2. The summed E-state index contributed by atoms with van der Waals surface area (Å²) in [6, 6.07) is 8.09. The highest BCUT2D eigenvalue weighted by atomic mass is 15.2. The van der Waals surface area contributed by atoms with Crippen molar-refractivity contribution >= 4 is 17.0 Å². The molecule has 3 N–H and O–H groups in total. The molecule has 0 atom stereocenters. The van der Waals surface area contributed by atoms with E-state index in [9.17, 15) is 0 Å². The summed E-state index contributed by atoms with van der Waals surface area (Å²) in [5, 5.41) is 6.39. The second-order valence-electron chi connectivity index (χ2n) is 4.47. The van der Waals surface area contributed by atoms with Crippen LogP contribution in [0.4, 0.5) is 0 Å². The van der Waals surface area contributed by atoms with Crippen LogP contribution in [0, 0.1) is 0 Å². The van der Waals surface area contributed by atoms with Crippen LogP contribution in [-0.2, 0) is 6.42 Å². The van der Waals surface area contributed by atoms with Crippen molar-refractivity contribution < 1.29 is 0 Å². The molecule has 0 saturated carbocycles. The monoisotopic (exact) mass is 271 g/mol. The Morgan fingerprint density at radius 1 is 1.40 bits per heavy atom. The van der Waals surface area contributed by atoms with Gasteiger partial charge in [-0.25, -0.2) is 4.98 Å². The molecule has 0 aliphatic carbocycles. The first kappa shape index (κ1) is 14.1. The van der Waals surface area contributed by atoms with Crippen LogP contribution >= 0.6 is 0 Å². The Hall–Kier alpha value is -2.30. The number of nitrogens with one attached hydrogen (secondary N) is 3. The number of imidazole rings is 1. The first-order valence-corrected chi connectivity index (χ1v) is 6.82. The number of H-pyrrole nitrogens is 1. The molecule has 5 nitrogen and oxygen atoms in total. The second-order valence-corrected chi connectivity index (χ2v) is 4.47. The Kier molecular flexibility index (Phi) is 5.17. The smallest absolute Gasteiger partial charge is 0.191 e. The Balaban J connectivity index is 1.76. The quantitative estimate of drug-likeness (QED) is 0.325. The molecule has 2 rings (SSSR count). The number of guanidine groups is 1. The van der Waals surface area contributed by atoms with Gasteiger partial charge in [-0.2, -0.15) is 0 Å². The van der Waals surface area contributed by atoms with Gasteiger partial charge in [-0.1, -0.05) is 18.2 Å². The van der Waals surface area contributed by atoms with E-state index >= 15 is 0 Å². The summed E-state index contributed by atoms with van der Waals surface area (Å²) in [4.78, 5) is 12.0. The van der Waals surface area contributed by atoms with Crippen LogP contribution in [0.5, 0.6) is 0 Å². The van der Waals surface area contributed by atoms with Crippen LogP contribution in [0.1, 0.15) is 12.2 Å². The molecule has 0 saturated heterocycles. The lowest BCUT2D eigenvalue weighted by Gasteiger charge is -2.09. The Morgan fingerprint density at radius 2 is 2.25 bits per heavy atom. The summed E-state index contributed by atoms with van der Waals surface area (Å²) >= 11 is 0. The summed E-state index contributed by atoms with van der Waals surface area (Å²) in [6.07, 6.45) is 3.72. The molecule has 2 aromatic rings. The highest BCUT2D eigenvalue weighted by Gasteiger charge is 2.01. The predicted octanol–water partition coefficient (Wildman–Crippen LogP) is 1.85. The van der Waals surface area contributed by atoms with Crippen molar-refractivity contribution in [2.75, 3.05) is 20.1 Å². The van der Waals surface area contributed by atoms with Gasteiger partial charge in [0.2, 0.25) is 0 Å². The lowest BCUT2D eigenvalue weighted by molar-refractivity contribution is 0.734. The number of nitrogens with zero attached hydrogens (tertiary/aromatic N) is 2. The van der Waals surface area contributed by atoms with Gasteiger partial charge in [0.15, 0.2) is 5.96 Å². The van der Waals surface area contributed by atoms with Gasteiger partial charge < -0.3 is 15.6 Å². The zero-order chi connectivity index (χ0) is 14.2. The molecular formula is C15H21N5. The van der Waals surface area contributed by atoms with Crippen LogP contribution in [0.2, 0.25) is 0 Å². The second kappa shape index (κ2) is 7.33. The largest absolute Gasteiger partial charge is 0.356 e. The molecule has 5 heteroatoms. The molecule has 20 heavy (non-hydrogen) atoms. The summed E-state index contributed by atoms with van der Waals surface area (Å²) in [6.45, 7) is 5.23. The SMILES string of the molecule is C=CCNC(=NC)NCCCc1nc2ccccc2[nH]1. The Bertz CT molecular complexity index is 552. The van der Waals surface area contributed by atoms with E-state index in [2.05, 4.69) is 32.2 Å². The van der Waals surface area contributed by atoms with Crippen LogP contribution in [-0.4, -0.2) is 36.1 Å². The van der Waals surface area contributed by atoms with E-state index < -0.39 is 0 Å². The number of hydrogen-bond donors (Lipinski definition) is 3. The Morgan fingerprint density at radius 3 is 3.00 bits per heavy atom. The fourth-order valence-electron chi connectivity index (χ4n) is 1.98. The minimum absolute atomic E-state index is 0.712. The molecule has 0 aliphatic rings. The molecule has 0 bridgehead atoms. The first-order valence-electron chi connectivity index (χ1n) is 6.82. The number of aromatic amines is 1. The molecule has 0 unspecified atom stereocenters. The summed E-state index contributed by atoms with van der Waals surface area (Å²) in [5.41, 5.74) is 2.12. The molecule has 0 amide bonds. The number of fused-ring (bicyclic) bond motifs is 1. The number of rotatable bonds is 6. The molecule has 0 spiro atoms. The number of hydrogen-bond acceptors (Lipinski definition) is 2. The number of aliphatic imine (C=N–C) groups is 1. The van der Waals surface area contributed by atoms with Gasteiger partial charge in [-0.3, -0.25) is 4.99 Å². The van der Waals surface area contributed by atoms with Gasteiger partial charge in [0.05, 0.1) is 11.0 Å². The molecule has 1 aromatic carbocycles. The third-order valence-electron chi connectivity index (χ3n) is 2.96. The summed E-state index contributed by atoms with van der Waals surface area (Å²) in [7, 11) is 1.76. The molecule has 106 valence electrons. The Labute approximate surface area is 119 Å². The first-order chi connectivity index (χ1) is 9.83. The van der Waals surface area contributed by atoms with E-state index in [1.807, 2.05) is 24.3 Å². The van der Waals surface area contributed by atoms with Gasteiger partial charge in [-0.05, 0) is 18.6 Å². The highest BCUT2D eigenvalue weighted by Crippen LogP contribution is 2.10. The van der Waals surface area contributed by atoms with Gasteiger partial charge >= 0.3 is 0 Å². The maximum atomic E-state index is 4.56. The van der Waals surface area contributed by atoms with Crippen molar-refractivity contribution in [3.05, 3.63) is 42.7 Å². The number of aryl methyl sites for hydroxylation is 1. The van der Waals surface area contributed by atoms with Crippen LogP contribution in [0.3, 0.4) is 0 Å². The maximum Gasteiger partial charge on any atom is 0.191 e. The molecule has 1 heterocycles. The van der Waals surface area contributed by atoms with Crippen LogP contribution in [0.15, 0.2) is 41.9 Å². The predicted molar refractivity (Wildman–Crippen MR) is 84.0 cm³/mol. The summed E-state index contributed by atoms with van der Waals surface area (Å²) < 4.78 is 0. The normalized spacial score (nSPS) is 11.6. The standard InChI is InChI=1S/C15H21N5/c1-3-10-17-15(16-2)18-11-6-9-14-19-12-7-4-5-8-13(12)20-14/h3-5,7-8H,1,6,9-11H2,2H3,(H,19,20)(H2,16,17,18). The fraction of sp³-hybridized carbons (Fsp3) is 0.333. The zero-order valence-corrected chi connectivity index (χ0v) is 11.8. The summed E-state index contributed by atoms with van der Waals surface area (Å²) in [5.74, 6) is 1.83. The van der Waals surface area contributed by atoms with E-state index in [1.165, 1.54) is 0 Å². The average molecular weight is 271 g/mol. The molecule has 0 aliphatic heterocycles. The third-order valence-corrected chi connectivity index (χ3v) is 2.96. The lowest BCUT2D eigenvalue weighted by Crippen LogP contribution is -2.37. The van der Waals surface area contributed by atoms with Crippen molar-refractivity contribution in [3.63, 3.8) is 0 Å². The van der Waals surface area contributed by atoms with Crippen LogP contribution < -0.4 is 10.6 Å². The minimum atomic E-state index is 0.712. The van der Waals surface area contributed by atoms with E-state index in [4.69, 9.17) is 0 Å². The van der Waals surface area contributed by atoms with Crippen molar-refractivity contribution in [1.82, 2.24) is 20.6 Å². The zero-order valence-electron chi connectivity index (χ0n) is 11.8. The minimum Gasteiger partial charge on any atom is -0.356 e. The highest BCUT2D eigenvalue weighted by molar-refractivity contribution is 5.79. The van der Waals surface area contributed by atoms with Gasteiger partial charge in [0.25, 0.3) is 0 Å². The van der Waals surface area contributed by atoms with Crippen molar-refractivity contribution in [2.24, 2.45) is 4.99 Å². The molecule has 0 fully saturated rings. The molecule has 1 aromatic heterocycles. The van der Waals surface area contributed by atoms with E-state index in [-0.39, 0.29) is 0 Å². The number of para-hydroxylation sites is 2. The van der Waals surface area contributed by atoms with Crippen molar-refractivity contribution in [2.45, 2.75) is 12.8 Å². The number of benzene rings is 1. The lowest BCUT2D eigenvalue weighted by atomic mass is 10.3. The maximum absolute atomic E-state index is 4.56. The van der Waals surface area contributed by atoms with E-state index in [0.29, 0.717) is 6.54 Å². The third kappa shape index (κ3) is 3.85. The molecule has 0 radical (unpaired) electrons. The van der Waals surface area contributed by atoms with Gasteiger partial charge in [0, 0.05) is 26.6 Å². The van der Waals surface area contributed by atoms with Crippen molar-refractivity contribution in [3.8, 4) is 0 Å². The van der Waals surface area contributed by atoms with Crippen molar-refractivity contribution in [1.29, 1.82) is 0 Å². The molecular weight excluding hydrogens is 250 g/mol. The topological polar surface area (TPSA) is 65.1 Å². The van der Waals surface area contributed by atoms with E-state index in [0.717, 1.165) is 42.2 Å².